The van der Waals surface area contributed by atoms with Gasteiger partial charge in [-0.05, 0) is 25.1 Å². The topological polar surface area (TPSA) is 63.1 Å². The predicted octanol–water partition coefficient (Wildman–Crippen LogP) is 2.15. The largest absolute Gasteiger partial charge is 0.478 e. The van der Waals surface area contributed by atoms with Crippen molar-refractivity contribution in [3.63, 3.8) is 0 Å². The SMILES string of the molecule is Cc1ccnc(-c2cccc(C(=O)O)c2)n1. The molecule has 2 rings (SSSR count). The molecule has 0 saturated carbocycles. The van der Waals surface area contributed by atoms with Gasteiger partial charge in [-0.25, -0.2) is 14.8 Å². The molecule has 1 aromatic carbocycles. The normalized spacial score (nSPS) is 10.1. The van der Waals surface area contributed by atoms with E-state index in [0.29, 0.717) is 11.4 Å². The number of hydrogen-bond donors (Lipinski definition) is 1. The molecule has 0 unspecified atom stereocenters. The number of carboxylic acids is 1. The highest BCUT2D eigenvalue weighted by molar-refractivity contribution is 5.89. The second-order valence-electron chi connectivity index (χ2n) is 3.41. The summed E-state index contributed by atoms with van der Waals surface area (Å²) in [6.45, 7) is 1.87. The summed E-state index contributed by atoms with van der Waals surface area (Å²) in [4.78, 5) is 19.2. The summed E-state index contributed by atoms with van der Waals surface area (Å²) in [5.74, 6) is -0.405. The average Bonchev–Trinajstić information content (AvgIpc) is 2.29. The van der Waals surface area contributed by atoms with Crippen molar-refractivity contribution in [3.8, 4) is 11.4 Å². The molecule has 0 amide bonds. The van der Waals surface area contributed by atoms with Crippen LogP contribution in [-0.2, 0) is 0 Å². The van der Waals surface area contributed by atoms with E-state index in [4.69, 9.17) is 5.11 Å². The third-order valence-corrected chi connectivity index (χ3v) is 2.16. The summed E-state index contributed by atoms with van der Waals surface area (Å²) in [6, 6.07) is 8.38. The van der Waals surface area contributed by atoms with Gasteiger partial charge in [-0.1, -0.05) is 12.1 Å². The number of carboxylic acid groups (broad SMARTS) is 1. The molecule has 1 heterocycles. The Morgan fingerprint density at radius 2 is 2.12 bits per heavy atom. The maximum absolute atomic E-state index is 10.8. The minimum atomic E-state index is -0.950. The Morgan fingerprint density at radius 3 is 2.81 bits per heavy atom. The summed E-state index contributed by atoms with van der Waals surface area (Å²) < 4.78 is 0. The molecule has 0 radical (unpaired) electrons. The summed E-state index contributed by atoms with van der Waals surface area (Å²) in [5.41, 5.74) is 1.80. The van der Waals surface area contributed by atoms with Crippen molar-refractivity contribution in [2.75, 3.05) is 0 Å². The predicted molar refractivity (Wildman–Crippen MR) is 59.2 cm³/mol. The number of benzene rings is 1. The second kappa shape index (κ2) is 4.10. The first-order valence-electron chi connectivity index (χ1n) is 4.80. The maximum Gasteiger partial charge on any atom is 0.335 e. The summed E-state index contributed by atoms with van der Waals surface area (Å²) in [7, 11) is 0. The molecule has 0 aliphatic carbocycles. The van der Waals surface area contributed by atoms with Crippen LogP contribution >= 0.6 is 0 Å². The van der Waals surface area contributed by atoms with Crippen molar-refractivity contribution in [2.45, 2.75) is 6.92 Å². The molecule has 16 heavy (non-hydrogen) atoms. The molecular formula is C12H10N2O2. The van der Waals surface area contributed by atoms with Crippen LogP contribution in [0, 0.1) is 6.92 Å². The first-order valence-corrected chi connectivity index (χ1v) is 4.80. The highest BCUT2D eigenvalue weighted by atomic mass is 16.4. The molecule has 0 fully saturated rings. The van der Waals surface area contributed by atoms with Gasteiger partial charge >= 0.3 is 5.97 Å². The number of hydrogen-bond acceptors (Lipinski definition) is 3. The fourth-order valence-electron chi connectivity index (χ4n) is 1.38. The summed E-state index contributed by atoms with van der Waals surface area (Å²) in [5, 5.41) is 8.87. The quantitative estimate of drug-likeness (QED) is 0.831. The fraction of sp³-hybridized carbons (Fsp3) is 0.0833. The zero-order valence-corrected chi connectivity index (χ0v) is 8.71. The second-order valence-corrected chi connectivity index (χ2v) is 3.41. The van der Waals surface area contributed by atoms with E-state index < -0.39 is 5.97 Å². The standard InChI is InChI=1S/C12H10N2O2/c1-8-5-6-13-11(14-8)9-3-2-4-10(7-9)12(15)16/h2-7H,1H3,(H,15,16). The van der Waals surface area contributed by atoms with Crippen molar-refractivity contribution < 1.29 is 9.90 Å². The van der Waals surface area contributed by atoms with E-state index in [1.165, 1.54) is 0 Å². The Bertz CT molecular complexity index is 538. The Balaban J connectivity index is 2.48. The summed E-state index contributed by atoms with van der Waals surface area (Å²) in [6.07, 6.45) is 1.66. The van der Waals surface area contributed by atoms with Crippen LogP contribution in [0.3, 0.4) is 0 Å². The summed E-state index contributed by atoms with van der Waals surface area (Å²) >= 11 is 0. The molecule has 80 valence electrons. The Kier molecular flexibility index (Phi) is 2.64. The van der Waals surface area contributed by atoms with E-state index >= 15 is 0 Å². The molecule has 0 bridgehead atoms. The fourth-order valence-corrected chi connectivity index (χ4v) is 1.38. The van der Waals surface area contributed by atoms with Crippen LogP contribution in [0.5, 0.6) is 0 Å². The zero-order chi connectivity index (χ0) is 11.5. The lowest BCUT2D eigenvalue weighted by atomic mass is 10.1. The Morgan fingerprint density at radius 1 is 1.31 bits per heavy atom. The molecule has 4 nitrogen and oxygen atoms in total. The highest BCUT2D eigenvalue weighted by Gasteiger charge is 2.06. The molecule has 1 N–H and O–H groups in total. The average molecular weight is 214 g/mol. The zero-order valence-electron chi connectivity index (χ0n) is 8.71. The highest BCUT2D eigenvalue weighted by Crippen LogP contribution is 2.16. The molecule has 0 aliphatic heterocycles. The van der Waals surface area contributed by atoms with Crippen LogP contribution in [0.15, 0.2) is 36.5 Å². The molecular weight excluding hydrogens is 204 g/mol. The lowest BCUT2D eigenvalue weighted by Gasteiger charge is -2.01. The smallest absolute Gasteiger partial charge is 0.335 e. The Labute approximate surface area is 92.6 Å². The number of rotatable bonds is 2. The van der Waals surface area contributed by atoms with Gasteiger partial charge in [0, 0.05) is 17.5 Å². The van der Waals surface area contributed by atoms with Gasteiger partial charge in [-0.15, -0.1) is 0 Å². The molecule has 1 aromatic heterocycles. The first kappa shape index (κ1) is 10.3. The number of aromatic nitrogens is 2. The van der Waals surface area contributed by atoms with Gasteiger partial charge in [-0.2, -0.15) is 0 Å². The number of aryl methyl sites for hydroxylation is 1. The third kappa shape index (κ3) is 2.06. The van der Waals surface area contributed by atoms with Gasteiger partial charge in [0.25, 0.3) is 0 Å². The lowest BCUT2D eigenvalue weighted by molar-refractivity contribution is 0.0697. The van der Waals surface area contributed by atoms with Crippen LogP contribution in [-0.4, -0.2) is 21.0 Å². The number of carbonyl (C=O) groups is 1. The van der Waals surface area contributed by atoms with Gasteiger partial charge in [-0.3, -0.25) is 0 Å². The molecule has 0 aliphatic rings. The van der Waals surface area contributed by atoms with E-state index in [-0.39, 0.29) is 5.56 Å². The first-order chi connectivity index (χ1) is 7.66. The van der Waals surface area contributed by atoms with Crippen molar-refractivity contribution in [2.24, 2.45) is 0 Å². The van der Waals surface area contributed by atoms with Crippen molar-refractivity contribution in [1.82, 2.24) is 9.97 Å². The van der Waals surface area contributed by atoms with Crippen LogP contribution in [0.25, 0.3) is 11.4 Å². The van der Waals surface area contributed by atoms with E-state index in [2.05, 4.69) is 9.97 Å². The van der Waals surface area contributed by atoms with E-state index in [1.807, 2.05) is 6.92 Å². The molecule has 0 atom stereocenters. The minimum absolute atomic E-state index is 0.239. The van der Waals surface area contributed by atoms with Crippen LogP contribution < -0.4 is 0 Å². The van der Waals surface area contributed by atoms with E-state index in [1.54, 1.807) is 36.5 Å². The van der Waals surface area contributed by atoms with Gasteiger partial charge in [0.1, 0.15) is 0 Å². The van der Waals surface area contributed by atoms with Crippen LogP contribution in [0.2, 0.25) is 0 Å². The third-order valence-electron chi connectivity index (χ3n) is 2.16. The van der Waals surface area contributed by atoms with Gasteiger partial charge in [0.15, 0.2) is 5.82 Å². The number of nitrogens with zero attached hydrogens (tertiary/aromatic N) is 2. The van der Waals surface area contributed by atoms with Crippen molar-refractivity contribution in [3.05, 3.63) is 47.8 Å². The maximum atomic E-state index is 10.8. The van der Waals surface area contributed by atoms with E-state index in [9.17, 15) is 4.79 Å². The van der Waals surface area contributed by atoms with Crippen molar-refractivity contribution >= 4 is 5.97 Å². The van der Waals surface area contributed by atoms with Gasteiger partial charge in [0.2, 0.25) is 0 Å². The molecule has 2 aromatic rings. The minimum Gasteiger partial charge on any atom is -0.478 e. The molecule has 0 saturated heterocycles. The van der Waals surface area contributed by atoms with Crippen LogP contribution in [0.4, 0.5) is 0 Å². The van der Waals surface area contributed by atoms with E-state index in [0.717, 1.165) is 5.69 Å². The van der Waals surface area contributed by atoms with Gasteiger partial charge in [0.05, 0.1) is 5.56 Å². The van der Waals surface area contributed by atoms with Gasteiger partial charge < -0.3 is 5.11 Å². The lowest BCUT2D eigenvalue weighted by Crippen LogP contribution is -1.97. The Hall–Kier alpha value is -2.23. The number of aromatic carboxylic acids is 1. The van der Waals surface area contributed by atoms with Crippen molar-refractivity contribution in [1.29, 1.82) is 0 Å². The van der Waals surface area contributed by atoms with Crippen LogP contribution in [0.1, 0.15) is 16.1 Å². The molecule has 0 spiro atoms. The monoisotopic (exact) mass is 214 g/mol. The molecule has 4 heteroatoms.